The highest BCUT2D eigenvalue weighted by Gasteiger charge is 2.28. The Bertz CT molecular complexity index is 2380. The first-order chi connectivity index (χ1) is 33.0. The molecule has 0 saturated carbocycles. The van der Waals surface area contributed by atoms with Crippen molar-refractivity contribution >= 4 is 46.2 Å². The Labute approximate surface area is 410 Å². The van der Waals surface area contributed by atoms with Gasteiger partial charge < -0.3 is 21.3 Å². The van der Waals surface area contributed by atoms with E-state index in [9.17, 15) is 23.2 Å². The number of aromatic nitrogens is 1. The quantitative estimate of drug-likeness (QED) is 0.0949. The maximum atomic E-state index is 14.9. The second-order valence-corrected chi connectivity index (χ2v) is 18.4. The van der Waals surface area contributed by atoms with Gasteiger partial charge in [0.1, 0.15) is 11.6 Å². The molecule has 14 heteroatoms. The highest BCUT2D eigenvalue weighted by atomic mass is 19.1. The van der Waals surface area contributed by atoms with Gasteiger partial charge in [-0.2, -0.15) is 5.10 Å². The lowest BCUT2D eigenvalue weighted by molar-refractivity contribution is -0.120. The highest BCUT2D eigenvalue weighted by Crippen LogP contribution is 2.32. The SMILES string of the molecule is C=C1/C=C(/C(C)N2CC=C(c3c(C)cc(C(C)=O)cc3F)CC2)N(C)/N=C\C=C/1n1ccc(NC)cc1=O.CCCC(CCC)CN1CCN(c2ccc(N)cc2F)CC1C.CCCCC(=O)NC. The fourth-order valence-corrected chi connectivity index (χ4v) is 9.19. The first-order valence-electron chi connectivity index (χ1n) is 24.7. The maximum Gasteiger partial charge on any atom is 0.257 e. The molecule has 4 heterocycles. The topological polar surface area (TPSA) is 132 Å². The molecule has 2 atom stereocenters. The van der Waals surface area contributed by atoms with E-state index in [-0.39, 0.29) is 34.9 Å². The zero-order valence-electron chi connectivity index (χ0n) is 43.0. The highest BCUT2D eigenvalue weighted by molar-refractivity contribution is 5.95. The monoisotopic (exact) mass is 952 g/mol. The van der Waals surface area contributed by atoms with Crippen molar-refractivity contribution in [1.29, 1.82) is 0 Å². The summed E-state index contributed by atoms with van der Waals surface area (Å²) >= 11 is 0. The molecule has 1 fully saturated rings. The van der Waals surface area contributed by atoms with Crippen LogP contribution in [0, 0.1) is 24.5 Å². The number of carbonyl (C=O) groups excluding carboxylic acids is 2. The molecular formula is C55H79F2N9O3. The molecule has 69 heavy (non-hydrogen) atoms. The normalized spacial score (nSPS) is 19.0. The van der Waals surface area contributed by atoms with Gasteiger partial charge in [-0.15, -0.1) is 0 Å². The zero-order chi connectivity index (χ0) is 50.8. The van der Waals surface area contributed by atoms with Crippen LogP contribution >= 0.6 is 0 Å². The van der Waals surface area contributed by atoms with Crippen LogP contribution < -0.4 is 26.8 Å². The first kappa shape index (κ1) is 55.7. The fraction of sp³-hybridized carbons (Fsp3) is 0.491. The third-order valence-corrected chi connectivity index (χ3v) is 13.2. The second kappa shape index (κ2) is 27.4. The Morgan fingerprint density at radius 3 is 2.28 bits per heavy atom. The third-order valence-electron chi connectivity index (χ3n) is 13.2. The van der Waals surface area contributed by atoms with Crippen LogP contribution in [0.5, 0.6) is 0 Å². The Morgan fingerprint density at radius 1 is 0.986 bits per heavy atom. The second-order valence-electron chi connectivity index (χ2n) is 18.4. The van der Waals surface area contributed by atoms with Gasteiger partial charge in [-0.3, -0.25) is 33.8 Å². The van der Waals surface area contributed by atoms with Crippen molar-refractivity contribution in [2.45, 2.75) is 112 Å². The predicted molar refractivity (Wildman–Crippen MR) is 284 cm³/mol. The van der Waals surface area contributed by atoms with Crippen LogP contribution in [0.3, 0.4) is 0 Å². The minimum atomic E-state index is -0.353. The number of halogens is 2. The van der Waals surface area contributed by atoms with Gasteiger partial charge in [0.05, 0.1) is 17.1 Å². The molecule has 3 aliphatic rings. The number of aryl methyl sites for hydroxylation is 1. The van der Waals surface area contributed by atoms with E-state index in [1.807, 2.05) is 37.2 Å². The summed E-state index contributed by atoms with van der Waals surface area (Å²) in [6.07, 6.45) is 17.8. The summed E-state index contributed by atoms with van der Waals surface area (Å²) in [5.74, 6) is 0.239. The number of nitrogens with two attached hydrogens (primary N) is 1. The van der Waals surface area contributed by atoms with E-state index < -0.39 is 0 Å². The summed E-state index contributed by atoms with van der Waals surface area (Å²) in [7, 11) is 5.32. The lowest BCUT2D eigenvalue weighted by Gasteiger charge is -2.42. The number of hydrogen-bond donors (Lipinski definition) is 3. The molecule has 2 unspecified atom stereocenters. The van der Waals surface area contributed by atoms with Gasteiger partial charge in [-0.1, -0.05) is 52.7 Å². The molecule has 6 rings (SSSR count). The molecule has 3 aromatic rings. The number of nitrogens with zero attached hydrogens (tertiary/aromatic N) is 6. The number of piperazine rings is 1. The number of rotatable bonds is 16. The molecule has 4 N–H and O–H groups in total. The molecule has 2 aromatic carbocycles. The van der Waals surface area contributed by atoms with Crippen LogP contribution in [0.1, 0.15) is 114 Å². The average molecular weight is 952 g/mol. The maximum absolute atomic E-state index is 14.9. The Balaban J connectivity index is 0.000000282. The zero-order valence-corrected chi connectivity index (χ0v) is 43.0. The molecule has 12 nitrogen and oxygen atoms in total. The smallest absolute Gasteiger partial charge is 0.257 e. The van der Waals surface area contributed by atoms with Crippen molar-refractivity contribution < 1.29 is 18.4 Å². The summed E-state index contributed by atoms with van der Waals surface area (Å²) in [5.41, 5.74) is 12.4. The van der Waals surface area contributed by atoms with Crippen LogP contribution in [-0.4, -0.2) is 110 Å². The number of amides is 1. The van der Waals surface area contributed by atoms with E-state index >= 15 is 0 Å². The third kappa shape index (κ3) is 15.8. The minimum absolute atomic E-state index is 0.0135. The standard InChI is InChI=1S/C30H34FN5O2.C19H32FN3.C6H13NO/c1-19-16-28(34(6)33-11-7-27(19)36-14-10-25(32-5)18-29(36)38)21(3)35-12-8-23(9-13-35)30-20(2)15-24(22(4)37)17-26(30)31;1-4-6-16(7-5-2)14-22-10-11-23(13-15(22)3)19-9-8-17(21)12-18(19)20;1-3-4-5-6(8)7-2/h7-8,10-11,14-18,21,32H,1,9,12-13H2,2-6H3;8-9,12,15-16H,4-7,10-11,13-14,21H2,1-3H3;3-5H2,1-2H3,(H,7,8)/b27-7+,28-16-,33-11-;;. The number of hydrazone groups is 1. The molecule has 376 valence electrons. The van der Waals surface area contributed by atoms with E-state index in [0.717, 1.165) is 67.5 Å². The number of allylic oxidation sites excluding steroid dienone is 4. The van der Waals surface area contributed by atoms with Gasteiger partial charge >= 0.3 is 0 Å². The fourth-order valence-electron chi connectivity index (χ4n) is 9.19. The van der Waals surface area contributed by atoms with Gasteiger partial charge in [0.25, 0.3) is 5.56 Å². The number of pyridine rings is 1. The number of unbranched alkanes of at least 4 members (excludes halogenated alkanes) is 1. The molecule has 1 amide bonds. The summed E-state index contributed by atoms with van der Waals surface area (Å²) in [6, 6.07) is 11.9. The largest absolute Gasteiger partial charge is 0.399 e. The number of benzene rings is 2. The van der Waals surface area contributed by atoms with E-state index in [0.29, 0.717) is 59.2 Å². The number of nitrogens with one attached hydrogen (secondary N) is 2. The van der Waals surface area contributed by atoms with Crippen LogP contribution in [0.15, 0.2) is 94.6 Å². The summed E-state index contributed by atoms with van der Waals surface area (Å²) in [4.78, 5) is 41.9. The molecule has 0 spiro atoms. The average Bonchev–Trinajstić information content (AvgIpc) is 3.32. The predicted octanol–water partition coefficient (Wildman–Crippen LogP) is 9.99. The van der Waals surface area contributed by atoms with Crippen molar-refractivity contribution in [2.24, 2.45) is 11.0 Å². The number of hydrogen-bond acceptors (Lipinski definition) is 10. The van der Waals surface area contributed by atoms with Gasteiger partial charge in [0.15, 0.2) is 5.78 Å². The molecule has 3 aliphatic heterocycles. The molecule has 1 saturated heterocycles. The summed E-state index contributed by atoms with van der Waals surface area (Å²) in [6.45, 7) is 23.9. The summed E-state index contributed by atoms with van der Waals surface area (Å²) < 4.78 is 30.6. The van der Waals surface area contributed by atoms with Crippen molar-refractivity contribution in [1.82, 2.24) is 24.7 Å². The lowest BCUT2D eigenvalue weighted by atomic mass is 9.92. The molecule has 1 aromatic heterocycles. The first-order valence-corrected chi connectivity index (χ1v) is 24.7. The lowest BCUT2D eigenvalue weighted by Crippen LogP contribution is -2.53. The van der Waals surface area contributed by atoms with Crippen LogP contribution in [0.25, 0.3) is 11.3 Å². The molecule has 0 aliphatic carbocycles. The number of Topliss-reactive ketones (excluding diaryl/α,β-unsaturated/α-hetero) is 1. The van der Waals surface area contributed by atoms with Gasteiger partial charge in [0.2, 0.25) is 5.91 Å². The van der Waals surface area contributed by atoms with Crippen molar-refractivity contribution in [3.05, 3.63) is 123 Å². The van der Waals surface area contributed by atoms with Crippen LogP contribution in [0.4, 0.5) is 25.8 Å². The number of ketones is 1. The Morgan fingerprint density at radius 2 is 1.71 bits per heavy atom. The number of anilines is 3. The minimum Gasteiger partial charge on any atom is -0.399 e. The number of likely N-dealkylation sites (N-methyl/N-ethyl adjacent to an activating group) is 1. The van der Waals surface area contributed by atoms with Crippen molar-refractivity contribution in [3.8, 4) is 0 Å². The Kier molecular flexibility index (Phi) is 22.1. The van der Waals surface area contributed by atoms with Gasteiger partial charge in [-0.25, -0.2) is 8.78 Å². The van der Waals surface area contributed by atoms with E-state index in [4.69, 9.17) is 5.73 Å². The van der Waals surface area contributed by atoms with Gasteiger partial charge in [-0.05, 0) is 125 Å². The molecular weight excluding hydrogens is 873 g/mol. The molecule has 0 bridgehead atoms. The van der Waals surface area contributed by atoms with E-state index in [1.54, 1.807) is 55.3 Å². The van der Waals surface area contributed by atoms with Crippen LogP contribution in [-0.2, 0) is 4.79 Å². The molecule has 0 radical (unpaired) electrons. The summed E-state index contributed by atoms with van der Waals surface area (Å²) in [5, 5.41) is 11.9. The van der Waals surface area contributed by atoms with Crippen molar-refractivity contribution in [2.75, 3.05) is 76.4 Å². The van der Waals surface area contributed by atoms with Gasteiger partial charge in [0, 0.05) is 120 Å². The van der Waals surface area contributed by atoms with E-state index in [1.165, 1.54) is 51.3 Å². The van der Waals surface area contributed by atoms with E-state index in [2.05, 4.69) is 77.7 Å². The Hall–Kier alpha value is -5.86. The van der Waals surface area contributed by atoms with Crippen LogP contribution in [0.2, 0.25) is 0 Å². The number of nitrogen functional groups attached to an aromatic ring is 1. The van der Waals surface area contributed by atoms with Crippen molar-refractivity contribution in [3.63, 3.8) is 0 Å². The number of carbonyl (C=O) groups is 2.